The molecule has 1 atom stereocenters. The monoisotopic (exact) mass is 403 g/mol. The highest BCUT2D eigenvalue weighted by molar-refractivity contribution is 5.51. The fraction of sp³-hybridized carbons (Fsp3) is 0.250. The topological polar surface area (TPSA) is 35.2 Å². The molecule has 148 valence electrons. The van der Waals surface area contributed by atoms with Gasteiger partial charge in [0.15, 0.2) is 0 Å². The molecule has 2 rings (SSSR count). The maximum absolute atomic E-state index is 14.3. The van der Waals surface area contributed by atoms with Crippen LogP contribution in [0.5, 0.6) is 11.5 Å². The second kappa shape index (κ2) is 6.86. The number of hydrogen-bond donors (Lipinski definition) is 1. The van der Waals surface area contributed by atoms with E-state index in [1.54, 1.807) is 0 Å². The Balaban J connectivity index is 2.62. The van der Waals surface area contributed by atoms with Crippen LogP contribution in [0.15, 0.2) is 42.5 Å². The van der Waals surface area contributed by atoms with Gasteiger partial charge in [-0.2, -0.15) is 26.3 Å². The zero-order chi connectivity index (χ0) is 20.6. The Morgan fingerprint density at radius 3 is 1.85 bits per heavy atom. The Bertz CT molecular complexity index is 816. The number of alkyl halides is 9. The van der Waals surface area contributed by atoms with Gasteiger partial charge in [0.2, 0.25) is 0 Å². The van der Waals surface area contributed by atoms with Gasteiger partial charge < -0.3 is 10.5 Å². The molecule has 27 heavy (non-hydrogen) atoms. The second-order valence-electron chi connectivity index (χ2n) is 5.36. The summed E-state index contributed by atoms with van der Waals surface area (Å²) in [6.07, 6.45) is -15.6. The first-order chi connectivity index (χ1) is 12.3. The maximum Gasteiger partial charge on any atom is 0.432 e. The summed E-state index contributed by atoms with van der Waals surface area (Å²) in [7, 11) is 0. The summed E-state index contributed by atoms with van der Waals surface area (Å²) in [6.45, 7) is 0. The second-order valence-corrected chi connectivity index (χ2v) is 5.36. The maximum atomic E-state index is 14.3. The lowest BCUT2D eigenvalue weighted by molar-refractivity contribution is -0.274. The molecule has 0 aliphatic rings. The molecule has 2 aromatic rings. The molecule has 1 unspecified atom stereocenters. The number of halogens is 9. The zero-order valence-electron chi connectivity index (χ0n) is 13.0. The molecule has 2 nitrogen and oxygen atoms in total. The molecule has 0 heterocycles. The van der Waals surface area contributed by atoms with Crippen LogP contribution in [0.2, 0.25) is 0 Å². The number of para-hydroxylation sites is 1. The normalized spacial score (nSPS) is 14.9. The molecular weight excluding hydrogens is 393 g/mol. The van der Waals surface area contributed by atoms with Crippen molar-refractivity contribution in [2.24, 2.45) is 0 Å². The minimum absolute atomic E-state index is 0.328. The van der Waals surface area contributed by atoms with Crippen molar-refractivity contribution < 1.29 is 44.3 Å². The molecule has 0 amide bonds. The van der Waals surface area contributed by atoms with Crippen LogP contribution in [0.25, 0.3) is 0 Å². The minimum Gasteiger partial charge on any atom is -0.456 e. The zero-order valence-corrected chi connectivity index (χ0v) is 13.0. The average Bonchev–Trinajstić information content (AvgIpc) is 2.54. The largest absolute Gasteiger partial charge is 0.456 e. The van der Waals surface area contributed by atoms with E-state index >= 15 is 0 Å². The number of anilines is 1. The lowest BCUT2D eigenvalue weighted by atomic mass is 9.94. The fourth-order valence-electron chi connectivity index (χ4n) is 2.23. The van der Waals surface area contributed by atoms with Crippen molar-refractivity contribution in [3.63, 3.8) is 0 Å². The molecule has 0 radical (unpaired) electrons. The molecular formula is C16H10F9NO. The number of rotatable bonds is 4. The van der Waals surface area contributed by atoms with Crippen LogP contribution in [0.4, 0.5) is 45.2 Å². The molecule has 11 heteroatoms. The highest BCUT2D eigenvalue weighted by atomic mass is 19.4. The van der Waals surface area contributed by atoms with Gasteiger partial charge in [0.1, 0.15) is 17.1 Å². The van der Waals surface area contributed by atoms with E-state index in [9.17, 15) is 39.5 Å². The molecule has 2 aromatic carbocycles. The Kier molecular flexibility index (Phi) is 5.26. The van der Waals surface area contributed by atoms with Crippen molar-refractivity contribution in [2.45, 2.75) is 24.4 Å². The van der Waals surface area contributed by atoms with Gasteiger partial charge in [-0.05, 0) is 24.3 Å². The average molecular weight is 403 g/mol. The fourth-order valence-corrected chi connectivity index (χ4v) is 2.23. The third-order valence-corrected chi connectivity index (χ3v) is 3.52. The van der Waals surface area contributed by atoms with E-state index in [-0.39, 0.29) is 5.69 Å². The number of hydrogen-bond acceptors (Lipinski definition) is 2. The van der Waals surface area contributed by atoms with E-state index in [4.69, 9.17) is 10.5 Å². The van der Waals surface area contributed by atoms with Crippen LogP contribution in [0.1, 0.15) is 11.1 Å². The highest BCUT2D eigenvalue weighted by Gasteiger charge is 2.65. The van der Waals surface area contributed by atoms with E-state index in [0.29, 0.717) is 24.3 Å². The van der Waals surface area contributed by atoms with Gasteiger partial charge in [-0.25, -0.2) is 13.2 Å². The molecule has 0 saturated carbocycles. The van der Waals surface area contributed by atoms with Gasteiger partial charge in [-0.1, -0.05) is 18.2 Å². The van der Waals surface area contributed by atoms with Crippen LogP contribution in [-0.2, 0) is 11.8 Å². The lowest BCUT2D eigenvalue weighted by Gasteiger charge is -2.29. The van der Waals surface area contributed by atoms with Gasteiger partial charge in [-0.15, -0.1) is 0 Å². The van der Waals surface area contributed by atoms with E-state index in [0.717, 1.165) is 18.2 Å². The molecule has 0 aliphatic heterocycles. The summed E-state index contributed by atoms with van der Waals surface area (Å²) in [6, 6.07) is 4.90. The number of ether oxygens (including phenoxy) is 1. The summed E-state index contributed by atoms with van der Waals surface area (Å²) >= 11 is 0. The molecule has 0 aliphatic carbocycles. The first kappa shape index (κ1) is 20.7. The number of nitrogen functional groups attached to an aromatic ring is 1. The third kappa shape index (κ3) is 3.91. The van der Waals surface area contributed by atoms with E-state index < -0.39 is 47.1 Å². The van der Waals surface area contributed by atoms with Crippen molar-refractivity contribution in [1.82, 2.24) is 0 Å². The predicted molar refractivity (Wildman–Crippen MR) is 77.2 cm³/mol. The summed E-state index contributed by atoms with van der Waals surface area (Å²) in [4.78, 5) is 0. The van der Waals surface area contributed by atoms with Crippen LogP contribution >= 0.6 is 0 Å². The summed E-state index contributed by atoms with van der Waals surface area (Å²) in [5, 5.41) is 0. The minimum atomic E-state index is -6.05. The van der Waals surface area contributed by atoms with Crippen LogP contribution in [0, 0.1) is 0 Å². The van der Waals surface area contributed by atoms with E-state index in [1.807, 2.05) is 0 Å². The molecule has 0 aromatic heterocycles. The van der Waals surface area contributed by atoms with Crippen molar-refractivity contribution in [2.75, 3.05) is 5.73 Å². The Morgan fingerprint density at radius 2 is 1.33 bits per heavy atom. The third-order valence-electron chi connectivity index (χ3n) is 3.52. The molecule has 0 bridgehead atoms. The van der Waals surface area contributed by atoms with Gasteiger partial charge in [0, 0.05) is 11.3 Å². The van der Waals surface area contributed by atoms with Crippen LogP contribution in [-0.4, -0.2) is 12.6 Å². The molecule has 0 saturated heterocycles. The summed E-state index contributed by atoms with van der Waals surface area (Å²) in [5.74, 6) is -2.17. The summed E-state index contributed by atoms with van der Waals surface area (Å²) in [5.41, 5.74) is -3.34. The Morgan fingerprint density at radius 1 is 0.778 bits per heavy atom. The predicted octanol–water partition coefficient (Wildman–Crippen LogP) is 6.07. The highest BCUT2D eigenvalue weighted by Crippen LogP contribution is 2.51. The van der Waals surface area contributed by atoms with Crippen molar-refractivity contribution in [1.29, 1.82) is 0 Å². The molecule has 0 fully saturated rings. The van der Waals surface area contributed by atoms with E-state index in [2.05, 4.69) is 0 Å². The van der Waals surface area contributed by atoms with Crippen LogP contribution < -0.4 is 10.5 Å². The number of nitrogens with two attached hydrogens (primary N) is 1. The van der Waals surface area contributed by atoms with Gasteiger partial charge >= 0.3 is 12.4 Å². The first-order valence-electron chi connectivity index (χ1n) is 7.06. The van der Waals surface area contributed by atoms with Crippen LogP contribution in [0.3, 0.4) is 0 Å². The van der Waals surface area contributed by atoms with Crippen molar-refractivity contribution >= 4 is 5.69 Å². The summed E-state index contributed by atoms with van der Waals surface area (Å²) < 4.78 is 123. The van der Waals surface area contributed by atoms with Gasteiger partial charge in [-0.3, -0.25) is 0 Å². The standard InChI is InChI=1S/C16H10F9NO/c17-13(18)14(19,16(23,24)25)9-3-1-2-4-11(9)27-12-6-5-8(26)7-10(12)15(20,21)22/h1-7,13H,26H2. The molecule has 2 N–H and O–H groups in total. The SMILES string of the molecule is Nc1ccc(Oc2ccccc2C(F)(C(F)F)C(F)(F)F)c(C(F)(F)F)c1. The van der Waals surface area contributed by atoms with E-state index in [1.165, 1.54) is 0 Å². The molecule has 0 spiro atoms. The quantitative estimate of drug-likeness (QED) is 0.497. The smallest absolute Gasteiger partial charge is 0.432 e. The van der Waals surface area contributed by atoms with Gasteiger partial charge in [0.05, 0.1) is 0 Å². The lowest BCUT2D eigenvalue weighted by Crippen LogP contribution is -2.44. The first-order valence-corrected chi connectivity index (χ1v) is 7.06. The van der Waals surface area contributed by atoms with Crippen molar-refractivity contribution in [3.05, 3.63) is 53.6 Å². The number of benzene rings is 2. The Labute approximate surface area is 146 Å². The van der Waals surface area contributed by atoms with Gasteiger partial charge in [0.25, 0.3) is 12.1 Å². The Hall–Kier alpha value is -2.59. The van der Waals surface area contributed by atoms with Crippen molar-refractivity contribution in [3.8, 4) is 11.5 Å².